The molecule has 9 heteroatoms. The molecule has 0 radical (unpaired) electrons. The average molecular weight is 564 g/mol. The van der Waals surface area contributed by atoms with Crippen LogP contribution < -0.4 is 5.32 Å². The van der Waals surface area contributed by atoms with Crippen LogP contribution >= 0.6 is 11.6 Å². The molecule has 3 aromatic rings. The zero-order chi connectivity index (χ0) is 29.2. The highest BCUT2D eigenvalue weighted by atomic mass is 35.5. The van der Waals surface area contributed by atoms with Crippen LogP contribution in [-0.2, 0) is 22.7 Å². The Balaban J connectivity index is 1.71. The molecule has 3 amide bonds. The van der Waals surface area contributed by atoms with Gasteiger partial charge in [-0.2, -0.15) is 0 Å². The molecule has 1 saturated heterocycles. The van der Waals surface area contributed by atoms with Gasteiger partial charge in [-0.05, 0) is 73.2 Å². The SMILES string of the molecule is C=CC(=O)N1CCCC1Cn1c(NC(=O)c2ccc(Cl)cc2)nc2cc(CN(C(C)=O)[C@@H](C)C(C)(C)C)ccc21. The van der Waals surface area contributed by atoms with E-state index in [4.69, 9.17) is 16.6 Å². The number of carbonyl (C=O) groups excluding carboxylic acids is 3. The first-order valence-corrected chi connectivity index (χ1v) is 14.0. The fourth-order valence-corrected chi connectivity index (χ4v) is 5.28. The van der Waals surface area contributed by atoms with Gasteiger partial charge < -0.3 is 14.4 Å². The maximum absolute atomic E-state index is 13.1. The van der Waals surface area contributed by atoms with Crippen LogP contribution in [0.4, 0.5) is 5.95 Å². The number of amides is 3. The predicted octanol–water partition coefficient (Wildman–Crippen LogP) is 5.90. The van der Waals surface area contributed by atoms with Crippen LogP contribution in [0.2, 0.25) is 5.02 Å². The van der Waals surface area contributed by atoms with Crippen LogP contribution in [0.25, 0.3) is 11.0 Å². The van der Waals surface area contributed by atoms with Gasteiger partial charge in [0.05, 0.1) is 17.1 Å². The molecule has 1 unspecified atom stereocenters. The Morgan fingerprint density at radius 1 is 1.20 bits per heavy atom. The van der Waals surface area contributed by atoms with Crippen molar-refractivity contribution in [1.82, 2.24) is 19.4 Å². The zero-order valence-electron chi connectivity index (χ0n) is 23.9. The van der Waals surface area contributed by atoms with E-state index in [2.05, 4.69) is 39.6 Å². The van der Waals surface area contributed by atoms with E-state index in [1.54, 1.807) is 31.2 Å². The number of aromatic nitrogens is 2. The summed E-state index contributed by atoms with van der Waals surface area (Å²) in [4.78, 5) is 46.7. The summed E-state index contributed by atoms with van der Waals surface area (Å²) in [6.45, 7) is 15.3. The number of nitrogens with zero attached hydrogens (tertiary/aromatic N) is 4. The van der Waals surface area contributed by atoms with Crippen LogP contribution in [0.5, 0.6) is 0 Å². The summed E-state index contributed by atoms with van der Waals surface area (Å²) in [5.41, 5.74) is 2.87. The van der Waals surface area contributed by atoms with Crippen molar-refractivity contribution in [3.05, 3.63) is 71.3 Å². The number of imidazole rings is 1. The van der Waals surface area contributed by atoms with Gasteiger partial charge in [-0.15, -0.1) is 0 Å². The maximum Gasteiger partial charge on any atom is 0.257 e. The monoisotopic (exact) mass is 563 g/mol. The largest absolute Gasteiger partial charge is 0.335 e. The third kappa shape index (κ3) is 6.39. The second kappa shape index (κ2) is 11.8. The highest BCUT2D eigenvalue weighted by Crippen LogP contribution is 2.29. The first kappa shape index (κ1) is 29.3. The van der Waals surface area contributed by atoms with E-state index in [0.29, 0.717) is 41.7 Å². The fraction of sp³-hybridized carbons (Fsp3) is 0.419. The minimum Gasteiger partial charge on any atom is -0.335 e. The molecule has 0 bridgehead atoms. The Morgan fingerprint density at radius 2 is 1.90 bits per heavy atom. The Bertz CT molecular complexity index is 1420. The van der Waals surface area contributed by atoms with Gasteiger partial charge in [0.25, 0.3) is 5.91 Å². The Labute approximate surface area is 241 Å². The second-order valence-corrected chi connectivity index (χ2v) is 12.0. The minimum absolute atomic E-state index is 0.0113. The number of hydrogen-bond donors (Lipinski definition) is 1. The predicted molar refractivity (Wildman–Crippen MR) is 159 cm³/mol. The van der Waals surface area contributed by atoms with E-state index < -0.39 is 0 Å². The number of fused-ring (bicyclic) bond motifs is 1. The van der Waals surface area contributed by atoms with Crippen LogP contribution in [0.3, 0.4) is 0 Å². The standard InChI is InChI=1S/C31H38ClN5O3/c1-7-28(39)35-16-8-9-25(35)19-37-27-15-10-22(18-36(21(3)38)20(2)31(4,5)6)17-26(27)33-30(37)34-29(40)23-11-13-24(32)14-12-23/h7,10-15,17,20,25H,1,8-9,16,18-19H2,2-6H3,(H,33,34,40)/t20-,25?/m0/s1. The molecular weight excluding hydrogens is 526 g/mol. The quantitative estimate of drug-likeness (QED) is 0.346. The van der Waals surface area contributed by atoms with Crippen molar-refractivity contribution in [2.45, 2.75) is 72.6 Å². The van der Waals surface area contributed by atoms with Gasteiger partial charge in [-0.25, -0.2) is 4.98 Å². The van der Waals surface area contributed by atoms with Gasteiger partial charge in [0, 0.05) is 43.2 Å². The smallest absolute Gasteiger partial charge is 0.257 e. The number of hydrogen-bond acceptors (Lipinski definition) is 4. The number of anilines is 1. The Hall–Kier alpha value is -3.65. The van der Waals surface area contributed by atoms with Crippen molar-refractivity contribution in [2.75, 3.05) is 11.9 Å². The van der Waals surface area contributed by atoms with Crippen LogP contribution in [0.15, 0.2) is 55.1 Å². The van der Waals surface area contributed by atoms with E-state index in [0.717, 1.165) is 23.9 Å². The van der Waals surface area contributed by atoms with E-state index in [9.17, 15) is 14.4 Å². The van der Waals surface area contributed by atoms with Gasteiger partial charge >= 0.3 is 0 Å². The fourth-order valence-electron chi connectivity index (χ4n) is 5.16. The molecule has 2 aromatic carbocycles. The number of halogens is 1. The average Bonchev–Trinajstić information content (AvgIpc) is 3.50. The van der Waals surface area contributed by atoms with E-state index in [1.165, 1.54) is 6.08 Å². The molecular formula is C31H38ClN5O3. The summed E-state index contributed by atoms with van der Waals surface area (Å²) >= 11 is 6.00. The van der Waals surface area contributed by atoms with Crippen LogP contribution in [0.1, 0.15) is 63.4 Å². The highest BCUT2D eigenvalue weighted by molar-refractivity contribution is 6.30. The number of nitrogens with one attached hydrogen (secondary N) is 1. The molecule has 2 atom stereocenters. The number of benzene rings is 2. The molecule has 1 fully saturated rings. The summed E-state index contributed by atoms with van der Waals surface area (Å²) in [5, 5.41) is 3.51. The highest BCUT2D eigenvalue weighted by Gasteiger charge is 2.30. The van der Waals surface area contributed by atoms with Crippen molar-refractivity contribution in [3.63, 3.8) is 0 Å². The number of rotatable bonds is 8. The topological polar surface area (TPSA) is 87.5 Å². The van der Waals surface area contributed by atoms with Gasteiger partial charge in [-0.3, -0.25) is 19.7 Å². The third-order valence-electron chi connectivity index (χ3n) is 7.85. The number of likely N-dealkylation sites (tertiary alicyclic amines) is 1. The van der Waals surface area contributed by atoms with Crippen molar-refractivity contribution < 1.29 is 14.4 Å². The Morgan fingerprint density at radius 3 is 2.52 bits per heavy atom. The molecule has 1 aliphatic rings. The normalized spacial score (nSPS) is 16.1. The van der Waals surface area contributed by atoms with Crippen molar-refractivity contribution in [1.29, 1.82) is 0 Å². The summed E-state index contributed by atoms with van der Waals surface area (Å²) in [6, 6.07) is 12.6. The summed E-state index contributed by atoms with van der Waals surface area (Å²) in [6.07, 6.45) is 3.10. The molecule has 0 saturated carbocycles. The molecule has 4 rings (SSSR count). The van der Waals surface area contributed by atoms with E-state index >= 15 is 0 Å². The lowest BCUT2D eigenvalue weighted by atomic mass is 9.86. The number of carbonyl (C=O) groups is 3. The first-order chi connectivity index (χ1) is 18.9. The summed E-state index contributed by atoms with van der Waals surface area (Å²) < 4.78 is 1.97. The van der Waals surface area contributed by atoms with Crippen molar-refractivity contribution >= 4 is 46.3 Å². The summed E-state index contributed by atoms with van der Waals surface area (Å²) in [7, 11) is 0. The van der Waals surface area contributed by atoms with Crippen LogP contribution in [0, 0.1) is 5.41 Å². The lowest BCUT2D eigenvalue weighted by molar-refractivity contribution is -0.133. The van der Waals surface area contributed by atoms with Gasteiger partial charge in [0.2, 0.25) is 17.8 Å². The molecule has 1 aliphatic heterocycles. The first-order valence-electron chi connectivity index (χ1n) is 13.7. The molecule has 40 heavy (non-hydrogen) atoms. The summed E-state index contributed by atoms with van der Waals surface area (Å²) in [5.74, 6) is 0.00700. The van der Waals surface area contributed by atoms with Crippen molar-refractivity contribution in [3.8, 4) is 0 Å². The lowest BCUT2D eigenvalue weighted by Crippen LogP contribution is -2.44. The molecule has 1 aromatic heterocycles. The molecule has 212 valence electrons. The second-order valence-electron chi connectivity index (χ2n) is 11.6. The van der Waals surface area contributed by atoms with Crippen molar-refractivity contribution in [2.24, 2.45) is 5.41 Å². The van der Waals surface area contributed by atoms with E-state index in [-0.39, 0.29) is 35.2 Å². The minimum atomic E-state index is -0.305. The molecule has 8 nitrogen and oxygen atoms in total. The van der Waals surface area contributed by atoms with Gasteiger partial charge in [0.15, 0.2) is 0 Å². The molecule has 2 heterocycles. The molecule has 0 aliphatic carbocycles. The van der Waals surface area contributed by atoms with Gasteiger partial charge in [0.1, 0.15) is 0 Å². The zero-order valence-corrected chi connectivity index (χ0v) is 24.7. The molecule has 1 N–H and O–H groups in total. The van der Waals surface area contributed by atoms with Crippen LogP contribution in [-0.4, -0.2) is 55.7 Å². The lowest BCUT2D eigenvalue weighted by Gasteiger charge is -2.37. The molecule has 0 spiro atoms. The van der Waals surface area contributed by atoms with Gasteiger partial charge in [-0.1, -0.05) is 45.0 Å². The Kier molecular flexibility index (Phi) is 8.68. The third-order valence-corrected chi connectivity index (χ3v) is 8.10. The van der Waals surface area contributed by atoms with E-state index in [1.807, 2.05) is 32.6 Å². The maximum atomic E-state index is 13.1.